The number of hydrazine groups is 1. The van der Waals surface area contributed by atoms with Crippen LogP contribution in [0.1, 0.15) is 70.7 Å². The molecule has 0 aliphatic heterocycles. The maximum absolute atomic E-state index is 12.5. The minimum absolute atomic E-state index is 0.0294. The normalized spacial score (nSPS) is 18.8. The van der Waals surface area contributed by atoms with Crippen molar-refractivity contribution in [1.82, 2.24) is 21.2 Å². The number of alkyl carbamates (subject to hydrolysis) is 1. The van der Waals surface area contributed by atoms with E-state index in [1.807, 2.05) is 34.6 Å². The molecule has 1 fully saturated rings. The summed E-state index contributed by atoms with van der Waals surface area (Å²) in [4.78, 5) is 40.8. The fraction of sp³-hybridized carbons (Fsp3) is 0.619. The molecule has 4 N–H and O–H groups in total. The fourth-order valence-electron chi connectivity index (χ4n) is 3.30. The molecule has 2 rings (SSSR count). The van der Waals surface area contributed by atoms with Gasteiger partial charge in [-0.05, 0) is 66.4 Å². The lowest BCUT2D eigenvalue weighted by Crippen LogP contribution is -2.47. The Labute approximate surface area is 188 Å². The number of rotatable bonds is 5. The maximum atomic E-state index is 12.5. The van der Waals surface area contributed by atoms with E-state index < -0.39 is 17.6 Å². The minimum Gasteiger partial charge on any atom is -0.444 e. The van der Waals surface area contributed by atoms with Gasteiger partial charge in [-0.2, -0.15) is 0 Å². The third-order valence-corrected chi connectivity index (χ3v) is 4.88. The standard InChI is InChI=1S/C21H32ClN5O4/c1-12(2)24-16-10-17(22)23-11-15(16)19(29)27-26-18(28)13-6-8-14(9-7-13)25-20(30)31-21(3,4)5/h10-14H,6-9H2,1-5H3,(H,23,24)(H,25,30)(H,26,28)(H,27,29). The summed E-state index contributed by atoms with van der Waals surface area (Å²) in [6.45, 7) is 9.30. The van der Waals surface area contributed by atoms with E-state index in [9.17, 15) is 14.4 Å². The molecule has 10 heteroatoms. The molecular formula is C21H32ClN5O4. The SMILES string of the molecule is CC(C)Nc1cc(Cl)ncc1C(=O)NNC(=O)C1CCC(NC(=O)OC(C)(C)C)CC1. The summed E-state index contributed by atoms with van der Waals surface area (Å²) in [6.07, 6.45) is 3.44. The van der Waals surface area contributed by atoms with Crippen molar-refractivity contribution in [3.63, 3.8) is 0 Å². The van der Waals surface area contributed by atoms with E-state index >= 15 is 0 Å². The number of anilines is 1. The number of pyridine rings is 1. The molecule has 9 nitrogen and oxygen atoms in total. The quantitative estimate of drug-likeness (QED) is 0.400. The predicted octanol–water partition coefficient (Wildman–Crippen LogP) is 3.40. The van der Waals surface area contributed by atoms with Crippen molar-refractivity contribution < 1.29 is 19.1 Å². The molecule has 1 saturated carbocycles. The van der Waals surface area contributed by atoms with E-state index in [1.54, 1.807) is 6.07 Å². The van der Waals surface area contributed by atoms with Gasteiger partial charge in [-0.3, -0.25) is 20.4 Å². The lowest BCUT2D eigenvalue weighted by molar-refractivity contribution is -0.126. The molecule has 0 aromatic carbocycles. The number of carbonyl (C=O) groups is 3. The number of amides is 3. The van der Waals surface area contributed by atoms with Crippen LogP contribution in [0.5, 0.6) is 0 Å². The molecule has 1 aliphatic rings. The summed E-state index contributed by atoms with van der Waals surface area (Å²) in [6, 6.07) is 1.62. The second-order valence-electron chi connectivity index (χ2n) is 8.99. The van der Waals surface area contributed by atoms with Crippen LogP contribution in [-0.4, -0.2) is 40.6 Å². The Hall–Kier alpha value is -2.55. The van der Waals surface area contributed by atoms with Crippen LogP contribution in [0.3, 0.4) is 0 Å². The van der Waals surface area contributed by atoms with Crippen LogP contribution in [-0.2, 0) is 9.53 Å². The molecule has 0 atom stereocenters. The average molecular weight is 454 g/mol. The van der Waals surface area contributed by atoms with Crippen molar-refractivity contribution in [2.24, 2.45) is 5.92 Å². The highest BCUT2D eigenvalue weighted by Gasteiger charge is 2.28. The first-order chi connectivity index (χ1) is 14.4. The number of aromatic nitrogens is 1. The predicted molar refractivity (Wildman–Crippen MR) is 119 cm³/mol. The van der Waals surface area contributed by atoms with Crippen LogP contribution in [0.4, 0.5) is 10.5 Å². The number of halogens is 1. The number of hydrogen-bond donors (Lipinski definition) is 4. The van der Waals surface area contributed by atoms with Crippen molar-refractivity contribution in [2.45, 2.75) is 78.0 Å². The van der Waals surface area contributed by atoms with Crippen molar-refractivity contribution >= 4 is 35.2 Å². The number of carbonyl (C=O) groups excluding carboxylic acids is 3. The Bertz CT molecular complexity index is 801. The Morgan fingerprint density at radius 2 is 1.77 bits per heavy atom. The second-order valence-corrected chi connectivity index (χ2v) is 9.38. The molecule has 1 aromatic heterocycles. The number of nitrogens with zero attached hydrogens (tertiary/aromatic N) is 1. The van der Waals surface area contributed by atoms with E-state index in [0.717, 1.165) is 0 Å². The Morgan fingerprint density at radius 1 is 1.13 bits per heavy atom. The fourth-order valence-corrected chi connectivity index (χ4v) is 3.46. The second kappa shape index (κ2) is 10.7. The van der Waals surface area contributed by atoms with E-state index in [1.165, 1.54) is 6.20 Å². The Morgan fingerprint density at radius 3 is 2.35 bits per heavy atom. The third kappa shape index (κ3) is 8.24. The lowest BCUT2D eigenvalue weighted by atomic mass is 9.85. The van der Waals surface area contributed by atoms with E-state index in [-0.39, 0.29) is 34.6 Å². The van der Waals surface area contributed by atoms with Gasteiger partial charge >= 0.3 is 6.09 Å². The van der Waals surface area contributed by atoms with Gasteiger partial charge in [-0.15, -0.1) is 0 Å². The highest BCUT2D eigenvalue weighted by Crippen LogP contribution is 2.25. The highest BCUT2D eigenvalue weighted by atomic mass is 35.5. The van der Waals surface area contributed by atoms with Gasteiger partial charge in [0.05, 0.1) is 11.3 Å². The van der Waals surface area contributed by atoms with Crippen molar-refractivity contribution in [3.05, 3.63) is 23.0 Å². The molecule has 3 amide bonds. The monoisotopic (exact) mass is 453 g/mol. The summed E-state index contributed by atoms with van der Waals surface area (Å²) < 4.78 is 5.27. The average Bonchev–Trinajstić information content (AvgIpc) is 2.64. The largest absolute Gasteiger partial charge is 0.444 e. The minimum atomic E-state index is -0.552. The van der Waals surface area contributed by atoms with Crippen molar-refractivity contribution in [2.75, 3.05) is 5.32 Å². The van der Waals surface area contributed by atoms with Crippen LogP contribution >= 0.6 is 11.6 Å². The Kier molecular flexibility index (Phi) is 8.50. The van der Waals surface area contributed by atoms with Crippen LogP contribution in [0.25, 0.3) is 0 Å². The van der Waals surface area contributed by atoms with E-state index in [2.05, 4.69) is 26.5 Å². The van der Waals surface area contributed by atoms with Gasteiger partial charge in [0.25, 0.3) is 5.91 Å². The molecule has 0 spiro atoms. The lowest BCUT2D eigenvalue weighted by Gasteiger charge is -2.29. The number of ether oxygens (including phenoxy) is 1. The smallest absolute Gasteiger partial charge is 0.407 e. The van der Waals surface area contributed by atoms with Crippen LogP contribution in [0.2, 0.25) is 5.15 Å². The maximum Gasteiger partial charge on any atom is 0.407 e. The zero-order valence-corrected chi connectivity index (χ0v) is 19.4. The summed E-state index contributed by atoms with van der Waals surface area (Å²) in [5.41, 5.74) is 5.21. The summed E-state index contributed by atoms with van der Waals surface area (Å²) in [7, 11) is 0. The Balaban J connectivity index is 1.82. The molecule has 1 aromatic rings. The summed E-state index contributed by atoms with van der Waals surface area (Å²) in [5.74, 6) is -0.987. The van der Waals surface area contributed by atoms with Crippen LogP contribution in [0, 0.1) is 5.92 Å². The first-order valence-electron chi connectivity index (χ1n) is 10.5. The molecule has 1 aliphatic carbocycles. The number of nitrogens with one attached hydrogen (secondary N) is 4. The van der Waals surface area contributed by atoms with Crippen molar-refractivity contribution in [1.29, 1.82) is 0 Å². The molecule has 31 heavy (non-hydrogen) atoms. The van der Waals surface area contributed by atoms with E-state index in [4.69, 9.17) is 16.3 Å². The third-order valence-electron chi connectivity index (χ3n) is 4.68. The molecular weight excluding hydrogens is 422 g/mol. The van der Waals surface area contributed by atoms with Gasteiger partial charge in [0.1, 0.15) is 10.8 Å². The first-order valence-corrected chi connectivity index (χ1v) is 10.8. The molecule has 1 heterocycles. The number of hydrogen-bond acceptors (Lipinski definition) is 6. The molecule has 172 valence electrons. The van der Waals surface area contributed by atoms with E-state index in [0.29, 0.717) is 31.4 Å². The first kappa shape index (κ1) is 24.7. The van der Waals surface area contributed by atoms with Gasteiger partial charge in [0, 0.05) is 24.2 Å². The van der Waals surface area contributed by atoms with Gasteiger partial charge < -0.3 is 15.4 Å². The summed E-state index contributed by atoms with van der Waals surface area (Å²) >= 11 is 5.92. The zero-order chi connectivity index (χ0) is 23.2. The van der Waals surface area contributed by atoms with Crippen molar-refractivity contribution in [3.8, 4) is 0 Å². The van der Waals surface area contributed by atoms with Crippen LogP contribution < -0.4 is 21.5 Å². The van der Waals surface area contributed by atoms with Gasteiger partial charge in [0.2, 0.25) is 5.91 Å². The molecule has 0 unspecified atom stereocenters. The van der Waals surface area contributed by atoms with Gasteiger partial charge in [-0.1, -0.05) is 11.6 Å². The topological polar surface area (TPSA) is 121 Å². The zero-order valence-electron chi connectivity index (χ0n) is 18.7. The van der Waals surface area contributed by atoms with Gasteiger partial charge in [0.15, 0.2) is 0 Å². The molecule has 0 saturated heterocycles. The van der Waals surface area contributed by atoms with Crippen LogP contribution in [0.15, 0.2) is 12.3 Å². The summed E-state index contributed by atoms with van der Waals surface area (Å²) in [5, 5.41) is 6.25. The van der Waals surface area contributed by atoms with Gasteiger partial charge in [-0.25, -0.2) is 9.78 Å². The highest BCUT2D eigenvalue weighted by molar-refractivity contribution is 6.29. The molecule has 0 radical (unpaired) electrons. The molecule has 0 bridgehead atoms.